The molecular weight excluding hydrogens is 572 g/mol. The van der Waals surface area contributed by atoms with Crippen molar-refractivity contribution >= 4 is 52.0 Å². The number of aryl methyl sites for hydroxylation is 3. The molecule has 2 N–H and O–H groups in total. The van der Waals surface area contributed by atoms with Crippen LogP contribution in [0.25, 0.3) is 10.9 Å². The highest BCUT2D eigenvalue weighted by Gasteiger charge is 2.27. The molecule has 1 aliphatic rings. The van der Waals surface area contributed by atoms with Crippen molar-refractivity contribution in [3.63, 3.8) is 0 Å². The molecule has 1 fully saturated rings. The first-order chi connectivity index (χ1) is 20.1. The maximum atomic E-state index is 13.7. The number of hydrogen-bond donors (Lipinski definition) is 2. The number of fused-ring (bicyclic) bond motifs is 1. The molecule has 12 heteroatoms. The van der Waals surface area contributed by atoms with Crippen LogP contribution in [-0.2, 0) is 7.05 Å². The Labute approximate surface area is 254 Å². The zero-order valence-corrected chi connectivity index (χ0v) is 26.2. The minimum Gasteiger partial charge on any atom is -0.377 e. The summed E-state index contributed by atoms with van der Waals surface area (Å²) < 4.78 is 4.35. The van der Waals surface area contributed by atoms with E-state index in [1.807, 2.05) is 46.0 Å². The first kappa shape index (κ1) is 29.8. The Kier molecular flexibility index (Phi) is 8.70. The summed E-state index contributed by atoms with van der Waals surface area (Å²) in [4.78, 5) is 47.2. The van der Waals surface area contributed by atoms with Gasteiger partial charge in [0.15, 0.2) is 5.69 Å². The molecule has 1 unspecified atom stereocenters. The lowest BCUT2D eigenvalue weighted by molar-refractivity contribution is 0.0980. The summed E-state index contributed by atoms with van der Waals surface area (Å²) in [5.74, 6) is 1.44. The molecule has 220 valence electrons. The molecule has 10 nitrogen and oxygen atoms in total. The third kappa shape index (κ3) is 5.94. The van der Waals surface area contributed by atoms with Gasteiger partial charge in [0.1, 0.15) is 11.0 Å². The van der Waals surface area contributed by atoms with Gasteiger partial charge in [0.05, 0.1) is 22.6 Å². The Morgan fingerprint density at radius 2 is 1.86 bits per heavy atom. The summed E-state index contributed by atoms with van der Waals surface area (Å²) >= 11 is 7.30. The second-order valence-electron chi connectivity index (χ2n) is 10.8. The average molecular weight is 607 g/mol. The van der Waals surface area contributed by atoms with Crippen molar-refractivity contribution in [2.75, 3.05) is 29.6 Å². The summed E-state index contributed by atoms with van der Waals surface area (Å²) in [7, 11) is 1.78. The summed E-state index contributed by atoms with van der Waals surface area (Å²) in [6.45, 7) is 9.46. The van der Waals surface area contributed by atoms with E-state index in [1.165, 1.54) is 11.9 Å². The van der Waals surface area contributed by atoms with E-state index in [-0.39, 0.29) is 34.3 Å². The number of anilines is 2. The molecule has 4 heterocycles. The molecule has 1 aromatic carbocycles. The smallest absolute Gasteiger partial charge is 0.281 e. The van der Waals surface area contributed by atoms with E-state index >= 15 is 0 Å². The van der Waals surface area contributed by atoms with Crippen LogP contribution in [0.5, 0.6) is 0 Å². The average Bonchev–Trinajstić information content (AvgIpc) is 2.97. The number of nitrogens with one attached hydrogen (secondary N) is 2. The Hall–Kier alpha value is -3.70. The summed E-state index contributed by atoms with van der Waals surface area (Å²) in [6.07, 6.45) is 5.41. The highest BCUT2D eigenvalue weighted by atomic mass is 35.5. The Morgan fingerprint density at radius 3 is 2.55 bits per heavy atom. The zero-order valence-electron chi connectivity index (χ0n) is 24.7. The van der Waals surface area contributed by atoms with E-state index in [2.05, 4.69) is 24.9 Å². The highest BCUT2D eigenvalue weighted by Crippen LogP contribution is 2.31. The van der Waals surface area contributed by atoms with Crippen molar-refractivity contribution < 1.29 is 4.79 Å². The first-order valence-corrected chi connectivity index (χ1v) is 15.5. The van der Waals surface area contributed by atoms with Crippen LogP contribution in [0.15, 0.2) is 35.3 Å². The number of piperidine rings is 1. The predicted molar refractivity (Wildman–Crippen MR) is 170 cm³/mol. The molecule has 5 rings (SSSR count). The van der Waals surface area contributed by atoms with Gasteiger partial charge in [-0.05, 0) is 69.9 Å². The van der Waals surface area contributed by atoms with E-state index in [0.717, 1.165) is 54.1 Å². The minimum atomic E-state index is -0.349. The lowest BCUT2D eigenvalue weighted by Gasteiger charge is -2.33. The quantitative estimate of drug-likeness (QED) is 0.214. The van der Waals surface area contributed by atoms with Crippen LogP contribution in [0.4, 0.5) is 11.6 Å². The van der Waals surface area contributed by atoms with Crippen molar-refractivity contribution in [1.82, 2.24) is 29.2 Å². The molecule has 0 radical (unpaired) electrons. The first-order valence-electron chi connectivity index (χ1n) is 13.9. The van der Waals surface area contributed by atoms with E-state index in [9.17, 15) is 9.59 Å². The number of halogens is 1. The van der Waals surface area contributed by atoms with Gasteiger partial charge in [-0.2, -0.15) is 0 Å². The summed E-state index contributed by atoms with van der Waals surface area (Å²) in [6, 6.07) is 7.00. The fourth-order valence-electron chi connectivity index (χ4n) is 5.41. The number of carbonyl (C=O) groups excluding carboxylic acids is 1. The fraction of sp³-hybridized carbons (Fsp3) is 0.400. The van der Waals surface area contributed by atoms with E-state index in [1.54, 1.807) is 30.0 Å². The Balaban J connectivity index is 1.47. The third-order valence-corrected chi connectivity index (χ3v) is 8.43. The minimum absolute atomic E-state index is 0.0973. The molecule has 42 heavy (non-hydrogen) atoms. The molecule has 0 aliphatic carbocycles. The van der Waals surface area contributed by atoms with Crippen molar-refractivity contribution in [1.29, 1.82) is 0 Å². The van der Waals surface area contributed by atoms with E-state index < -0.39 is 0 Å². The number of rotatable bonds is 7. The van der Waals surface area contributed by atoms with Crippen molar-refractivity contribution in [2.24, 2.45) is 7.05 Å². The molecular formula is C30H35ClN8O2S. The maximum absolute atomic E-state index is 13.7. The van der Waals surface area contributed by atoms with Gasteiger partial charge < -0.3 is 10.2 Å². The second-order valence-corrected chi connectivity index (χ2v) is 11.8. The van der Waals surface area contributed by atoms with Crippen LogP contribution in [0.3, 0.4) is 0 Å². The number of aromatic nitrogens is 5. The number of nitrogens with zero attached hydrogens (tertiary/aromatic N) is 6. The second kappa shape index (κ2) is 12.3. The van der Waals surface area contributed by atoms with Gasteiger partial charge in [-0.25, -0.2) is 19.9 Å². The fourth-order valence-corrected chi connectivity index (χ4v) is 5.84. The number of carbonyl (C=O) groups is 1. The number of hydrogen-bond acceptors (Lipinski definition) is 9. The van der Waals surface area contributed by atoms with Gasteiger partial charge in [0.2, 0.25) is 5.95 Å². The molecule has 1 atom stereocenters. The molecule has 0 bridgehead atoms. The zero-order chi connectivity index (χ0) is 30.1. The summed E-state index contributed by atoms with van der Waals surface area (Å²) in [5.41, 5.74) is 5.17. The van der Waals surface area contributed by atoms with Crippen molar-refractivity contribution in [3.05, 3.63) is 79.9 Å². The Bertz CT molecular complexity index is 1720. The standard InChI is InChI=1S/C30H35ClN8O2S/c1-16-13-21(19(4)33-23-7-8-24(31)35-26(23)28(40)37-42-6)25-22(14-16)29(41)38(5)30(36-25)39-11-9-20(10-12-39)27-32-15-17(2)18(3)34-27/h7-8,13-15,19-20,33H,9-12H2,1-6H3,(H,37,40). The van der Waals surface area contributed by atoms with Gasteiger partial charge >= 0.3 is 0 Å². The normalized spacial score (nSPS) is 14.7. The van der Waals surface area contributed by atoms with Crippen LogP contribution in [0, 0.1) is 20.8 Å². The highest BCUT2D eigenvalue weighted by molar-refractivity contribution is 7.97. The van der Waals surface area contributed by atoms with Gasteiger partial charge in [0, 0.05) is 49.8 Å². The predicted octanol–water partition coefficient (Wildman–Crippen LogP) is 5.26. The molecule has 1 aliphatic heterocycles. The molecule has 4 aromatic rings. The summed E-state index contributed by atoms with van der Waals surface area (Å²) in [5, 5.41) is 4.19. The van der Waals surface area contributed by atoms with Crippen molar-refractivity contribution in [3.8, 4) is 0 Å². The van der Waals surface area contributed by atoms with Crippen LogP contribution >= 0.6 is 23.5 Å². The monoisotopic (exact) mass is 606 g/mol. The Morgan fingerprint density at radius 1 is 1.12 bits per heavy atom. The topological polar surface area (TPSA) is 118 Å². The van der Waals surface area contributed by atoms with Crippen LogP contribution < -0.4 is 20.5 Å². The van der Waals surface area contributed by atoms with Crippen molar-refractivity contribution in [2.45, 2.75) is 52.5 Å². The van der Waals surface area contributed by atoms with Gasteiger partial charge in [0.25, 0.3) is 11.5 Å². The molecule has 1 amide bonds. The van der Waals surface area contributed by atoms with Crippen LogP contribution in [0.1, 0.15) is 70.4 Å². The third-order valence-electron chi connectivity index (χ3n) is 7.83. The molecule has 0 spiro atoms. The number of benzene rings is 1. The molecule has 3 aromatic heterocycles. The van der Waals surface area contributed by atoms with Crippen LogP contribution in [-0.4, -0.2) is 49.8 Å². The van der Waals surface area contributed by atoms with E-state index in [4.69, 9.17) is 21.6 Å². The largest absolute Gasteiger partial charge is 0.377 e. The molecule has 0 saturated carbocycles. The van der Waals surface area contributed by atoms with E-state index in [0.29, 0.717) is 22.5 Å². The van der Waals surface area contributed by atoms with Gasteiger partial charge in [-0.1, -0.05) is 29.6 Å². The lowest BCUT2D eigenvalue weighted by Crippen LogP contribution is -2.38. The number of pyridine rings is 1. The maximum Gasteiger partial charge on any atom is 0.281 e. The number of amides is 1. The molecule has 1 saturated heterocycles. The van der Waals surface area contributed by atoms with Gasteiger partial charge in [-0.15, -0.1) is 0 Å². The van der Waals surface area contributed by atoms with Crippen LogP contribution in [0.2, 0.25) is 5.15 Å². The lowest BCUT2D eigenvalue weighted by atomic mass is 9.96. The van der Waals surface area contributed by atoms with Gasteiger partial charge in [-0.3, -0.25) is 18.9 Å². The SMILES string of the molecule is CSNC(=O)c1nc(Cl)ccc1NC(C)c1cc(C)cc2c(=O)n(C)c(N3CCC(c4ncc(C)c(C)n4)CC3)nc12.